The van der Waals surface area contributed by atoms with Gasteiger partial charge in [0.05, 0.1) is 0 Å². The molecule has 0 aromatic heterocycles. The molecule has 1 aromatic rings. The van der Waals surface area contributed by atoms with Crippen molar-refractivity contribution < 1.29 is 10.2 Å². The number of rotatable bonds is 0. The zero-order valence-electron chi connectivity index (χ0n) is 5.97. The Balaban J connectivity index is 3.34. The highest BCUT2D eigenvalue weighted by molar-refractivity contribution is 5.44. The molecule has 0 saturated heterocycles. The summed E-state index contributed by atoms with van der Waals surface area (Å²) in [6, 6.07) is 2.62. The van der Waals surface area contributed by atoms with E-state index in [4.69, 9.17) is 0 Å². The molecule has 0 saturated carbocycles. The summed E-state index contributed by atoms with van der Waals surface area (Å²) in [7, 11) is 0. The minimum Gasteiger partial charge on any atom is -0.872 e. The third-order valence-electron chi connectivity index (χ3n) is 1.69. The lowest BCUT2D eigenvalue weighted by Gasteiger charge is -2.18. The predicted molar refractivity (Wildman–Crippen MR) is 34.8 cm³/mol. The molecule has 2 heteroatoms. The van der Waals surface area contributed by atoms with Gasteiger partial charge in [-0.05, 0) is 13.8 Å². The van der Waals surface area contributed by atoms with Crippen LogP contribution in [0.15, 0.2) is 12.1 Å². The lowest BCUT2D eigenvalue weighted by atomic mass is 10.1. The maximum absolute atomic E-state index is 10.9. The molecule has 0 aliphatic carbocycles. The van der Waals surface area contributed by atoms with Gasteiger partial charge in [-0.2, -0.15) is 0 Å². The Labute approximate surface area is 59.7 Å². The van der Waals surface area contributed by atoms with Crippen LogP contribution < -0.4 is 10.2 Å². The van der Waals surface area contributed by atoms with E-state index < -0.39 is 0 Å². The molecular formula is C8H8O2-2. The fourth-order valence-corrected chi connectivity index (χ4v) is 0.771. The molecule has 0 spiro atoms. The van der Waals surface area contributed by atoms with Crippen LogP contribution in [-0.2, 0) is 0 Å². The molecule has 1 rings (SSSR count). The van der Waals surface area contributed by atoms with Crippen LogP contribution in [0, 0.1) is 13.8 Å². The van der Waals surface area contributed by atoms with Gasteiger partial charge in [0.2, 0.25) is 0 Å². The van der Waals surface area contributed by atoms with Crippen molar-refractivity contribution in [2.75, 3.05) is 0 Å². The Hall–Kier alpha value is -1.18. The van der Waals surface area contributed by atoms with E-state index in [0.29, 0.717) is 11.1 Å². The Morgan fingerprint density at radius 1 is 0.900 bits per heavy atom. The van der Waals surface area contributed by atoms with Crippen LogP contribution in [0.5, 0.6) is 11.5 Å². The Bertz CT molecular complexity index is 227. The van der Waals surface area contributed by atoms with Crippen molar-refractivity contribution in [2.24, 2.45) is 0 Å². The topological polar surface area (TPSA) is 46.1 Å². The first-order valence-corrected chi connectivity index (χ1v) is 3.07. The predicted octanol–water partition coefficient (Wildman–Crippen LogP) is 0.451. The lowest BCUT2D eigenvalue weighted by molar-refractivity contribution is -0.276. The molecule has 0 heterocycles. The maximum atomic E-state index is 10.9. The molecule has 0 atom stereocenters. The molecule has 0 aliphatic heterocycles. The molecule has 0 unspecified atom stereocenters. The van der Waals surface area contributed by atoms with Gasteiger partial charge in [0.25, 0.3) is 0 Å². The minimum atomic E-state index is -0.0582. The molecule has 0 amide bonds. The van der Waals surface area contributed by atoms with Gasteiger partial charge in [0.15, 0.2) is 0 Å². The molecule has 0 aliphatic rings. The minimum absolute atomic E-state index is 0.0582. The smallest absolute Gasteiger partial charge is 0.0401 e. The highest BCUT2D eigenvalue weighted by Crippen LogP contribution is 2.22. The number of benzene rings is 1. The molecule has 10 heavy (non-hydrogen) atoms. The van der Waals surface area contributed by atoms with Crippen LogP contribution >= 0.6 is 0 Å². The summed E-state index contributed by atoms with van der Waals surface area (Å²) in [6.07, 6.45) is 0. The van der Waals surface area contributed by atoms with E-state index in [9.17, 15) is 10.2 Å². The van der Waals surface area contributed by atoms with E-state index in [1.165, 1.54) is 12.1 Å². The van der Waals surface area contributed by atoms with Gasteiger partial charge in [-0.25, -0.2) is 0 Å². The Morgan fingerprint density at radius 3 is 1.50 bits per heavy atom. The average Bonchev–Trinajstić information content (AvgIpc) is 1.93. The SMILES string of the molecule is Cc1c([O-])ccc([O-])c1C. The number of hydrogen-bond donors (Lipinski definition) is 0. The zero-order chi connectivity index (χ0) is 7.72. The van der Waals surface area contributed by atoms with Gasteiger partial charge in [-0.15, -0.1) is 11.5 Å². The summed E-state index contributed by atoms with van der Waals surface area (Å²) in [5, 5.41) is 21.7. The van der Waals surface area contributed by atoms with Gasteiger partial charge in [-0.1, -0.05) is 23.3 Å². The van der Waals surface area contributed by atoms with Gasteiger partial charge in [0, 0.05) is 0 Å². The van der Waals surface area contributed by atoms with Crippen molar-refractivity contribution in [1.82, 2.24) is 0 Å². The standard InChI is InChI=1S/C8H10O2/c1-5-6(2)8(10)4-3-7(5)9/h3-4,9-10H,1-2H3/p-2. The van der Waals surface area contributed by atoms with Gasteiger partial charge in [-0.3, -0.25) is 0 Å². The van der Waals surface area contributed by atoms with Gasteiger partial charge >= 0.3 is 0 Å². The Morgan fingerprint density at radius 2 is 1.20 bits per heavy atom. The maximum Gasteiger partial charge on any atom is -0.0401 e. The molecular weight excluding hydrogens is 128 g/mol. The van der Waals surface area contributed by atoms with Crippen molar-refractivity contribution in [3.8, 4) is 11.5 Å². The monoisotopic (exact) mass is 136 g/mol. The summed E-state index contributed by atoms with van der Waals surface area (Å²) in [6.45, 7) is 3.33. The summed E-state index contributed by atoms with van der Waals surface area (Å²) < 4.78 is 0. The molecule has 2 nitrogen and oxygen atoms in total. The van der Waals surface area contributed by atoms with Crippen molar-refractivity contribution >= 4 is 0 Å². The van der Waals surface area contributed by atoms with Crippen LogP contribution in [0.3, 0.4) is 0 Å². The van der Waals surface area contributed by atoms with Crippen LogP contribution in [0.25, 0.3) is 0 Å². The van der Waals surface area contributed by atoms with Crippen LogP contribution in [0.2, 0.25) is 0 Å². The van der Waals surface area contributed by atoms with E-state index in [1.54, 1.807) is 13.8 Å². The summed E-state index contributed by atoms with van der Waals surface area (Å²) in [4.78, 5) is 0. The van der Waals surface area contributed by atoms with Gasteiger partial charge < -0.3 is 10.2 Å². The lowest BCUT2D eigenvalue weighted by Crippen LogP contribution is -1.99. The summed E-state index contributed by atoms with van der Waals surface area (Å²) in [5.41, 5.74) is 1.13. The van der Waals surface area contributed by atoms with Gasteiger partial charge in [0.1, 0.15) is 0 Å². The van der Waals surface area contributed by atoms with Crippen LogP contribution in [-0.4, -0.2) is 0 Å². The molecule has 0 N–H and O–H groups in total. The first-order chi connectivity index (χ1) is 4.63. The third kappa shape index (κ3) is 0.923. The first kappa shape index (κ1) is 6.93. The zero-order valence-corrected chi connectivity index (χ0v) is 5.97. The molecule has 0 fully saturated rings. The second kappa shape index (κ2) is 2.21. The largest absolute Gasteiger partial charge is 0.872 e. The van der Waals surface area contributed by atoms with Crippen LogP contribution in [0.4, 0.5) is 0 Å². The van der Waals surface area contributed by atoms with E-state index in [1.807, 2.05) is 0 Å². The Kier molecular flexibility index (Phi) is 1.53. The normalized spacial score (nSPS) is 9.80. The first-order valence-electron chi connectivity index (χ1n) is 3.07. The van der Waals surface area contributed by atoms with E-state index >= 15 is 0 Å². The fraction of sp³-hybridized carbons (Fsp3) is 0.250. The fourth-order valence-electron chi connectivity index (χ4n) is 0.771. The highest BCUT2D eigenvalue weighted by atomic mass is 16.3. The van der Waals surface area contributed by atoms with E-state index in [2.05, 4.69) is 0 Å². The second-order valence-corrected chi connectivity index (χ2v) is 2.31. The highest BCUT2D eigenvalue weighted by Gasteiger charge is 1.91. The molecule has 0 radical (unpaired) electrons. The number of hydrogen-bond acceptors (Lipinski definition) is 2. The van der Waals surface area contributed by atoms with Crippen molar-refractivity contribution in [2.45, 2.75) is 13.8 Å². The second-order valence-electron chi connectivity index (χ2n) is 2.31. The van der Waals surface area contributed by atoms with E-state index in [0.717, 1.165) is 0 Å². The van der Waals surface area contributed by atoms with E-state index in [-0.39, 0.29) is 11.5 Å². The van der Waals surface area contributed by atoms with Crippen LogP contribution in [0.1, 0.15) is 11.1 Å². The van der Waals surface area contributed by atoms with Crippen molar-refractivity contribution in [3.05, 3.63) is 23.3 Å². The van der Waals surface area contributed by atoms with Crippen molar-refractivity contribution in [3.63, 3.8) is 0 Å². The molecule has 0 bridgehead atoms. The quantitative estimate of drug-likeness (QED) is 0.519. The van der Waals surface area contributed by atoms with Crippen molar-refractivity contribution in [1.29, 1.82) is 0 Å². The average molecular weight is 136 g/mol. The third-order valence-corrected chi connectivity index (χ3v) is 1.69. The molecule has 54 valence electrons. The summed E-state index contributed by atoms with van der Waals surface area (Å²) in [5.74, 6) is -0.116. The molecule has 1 aromatic carbocycles. The summed E-state index contributed by atoms with van der Waals surface area (Å²) >= 11 is 0.